The van der Waals surface area contributed by atoms with E-state index < -0.39 is 5.24 Å². The van der Waals surface area contributed by atoms with E-state index in [0.717, 1.165) is 0 Å². The topological polar surface area (TPSA) is 43.4 Å². The number of esters is 1. The zero-order valence-corrected chi connectivity index (χ0v) is 9.63. The van der Waals surface area contributed by atoms with Crippen molar-refractivity contribution >= 4 is 22.8 Å². The third-order valence-corrected chi connectivity index (χ3v) is 2.20. The molecule has 0 aromatic heterocycles. The Morgan fingerprint density at radius 2 is 1.79 bits per heavy atom. The van der Waals surface area contributed by atoms with Crippen molar-refractivity contribution < 1.29 is 14.3 Å². The predicted octanol–water partition coefficient (Wildman–Crippen LogP) is 2.51. The minimum absolute atomic E-state index is 0.0748. The highest BCUT2D eigenvalue weighted by atomic mass is 35.5. The molecule has 0 saturated heterocycles. The number of hydrogen-bond acceptors (Lipinski definition) is 3. The fourth-order valence-electron chi connectivity index (χ4n) is 0.774. The lowest BCUT2D eigenvalue weighted by Crippen LogP contribution is -2.20. The van der Waals surface area contributed by atoms with Crippen LogP contribution in [0.1, 0.15) is 40.0 Å². The van der Waals surface area contributed by atoms with E-state index in [-0.39, 0.29) is 24.9 Å². The van der Waals surface area contributed by atoms with Crippen LogP contribution in [0.4, 0.5) is 0 Å². The Morgan fingerprint density at radius 3 is 2.21 bits per heavy atom. The number of ether oxygens (including phenoxy) is 1. The Labute approximate surface area is 89.8 Å². The second-order valence-electron chi connectivity index (χ2n) is 3.65. The molecule has 0 amide bonds. The molecule has 1 atom stereocenters. The molecule has 0 aliphatic rings. The molecule has 0 aromatic carbocycles. The first kappa shape index (κ1) is 13.4. The number of carbonyl (C=O) groups excluding carboxylic acids is 2. The van der Waals surface area contributed by atoms with Crippen molar-refractivity contribution in [2.75, 3.05) is 0 Å². The fourth-order valence-corrected chi connectivity index (χ4v) is 0.908. The van der Waals surface area contributed by atoms with Crippen molar-refractivity contribution in [3.05, 3.63) is 0 Å². The summed E-state index contributed by atoms with van der Waals surface area (Å²) in [5.41, 5.74) is 0. The van der Waals surface area contributed by atoms with Gasteiger partial charge in [0.25, 0.3) is 0 Å². The summed E-state index contributed by atoms with van der Waals surface area (Å²) in [6, 6.07) is 0. The molecule has 0 aromatic rings. The van der Waals surface area contributed by atoms with E-state index >= 15 is 0 Å². The second-order valence-corrected chi connectivity index (χ2v) is 4.07. The molecule has 4 heteroatoms. The molecule has 0 saturated carbocycles. The van der Waals surface area contributed by atoms with Crippen molar-refractivity contribution in [1.29, 1.82) is 0 Å². The van der Waals surface area contributed by atoms with Gasteiger partial charge in [-0.2, -0.15) is 0 Å². The van der Waals surface area contributed by atoms with Crippen LogP contribution in [0.5, 0.6) is 0 Å². The van der Waals surface area contributed by atoms with Gasteiger partial charge in [0.2, 0.25) is 5.24 Å². The Bertz CT molecular complexity index is 202. The van der Waals surface area contributed by atoms with Crippen molar-refractivity contribution in [3.8, 4) is 0 Å². The summed E-state index contributed by atoms with van der Waals surface area (Å²) in [6.45, 7) is 5.83. The monoisotopic (exact) mass is 220 g/mol. The first-order valence-electron chi connectivity index (χ1n) is 4.81. The van der Waals surface area contributed by atoms with Gasteiger partial charge in [-0.15, -0.1) is 0 Å². The molecule has 0 heterocycles. The third kappa shape index (κ3) is 6.89. The lowest BCUT2D eigenvalue weighted by Gasteiger charge is -2.16. The maximum atomic E-state index is 11.2. The predicted molar refractivity (Wildman–Crippen MR) is 55.1 cm³/mol. The van der Waals surface area contributed by atoms with Gasteiger partial charge in [0.15, 0.2) is 0 Å². The summed E-state index contributed by atoms with van der Waals surface area (Å²) in [7, 11) is 0. The average Bonchev–Trinajstić information content (AvgIpc) is 2.02. The van der Waals surface area contributed by atoms with Crippen LogP contribution in [0.2, 0.25) is 0 Å². The van der Waals surface area contributed by atoms with E-state index in [1.807, 2.05) is 20.8 Å². The average molecular weight is 221 g/mol. The van der Waals surface area contributed by atoms with Crippen LogP contribution in [0, 0.1) is 5.92 Å². The molecule has 1 unspecified atom stereocenters. The molecule has 0 fully saturated rings. The summed E-state index contributed by atoms with van der Waals surface area (Å²) < 4.78 is 5.10. The SMILES string of the molecule is CC(C)C(C)OC(=O)CCCC(=O)Cl. The molecule has 0 spiro atoms. The minimum Gasteiger partial charge on any atom is -0.462 e. The smallest absolute Gasteiger partial charge is 0.306 e. The fraction of sp³-hybridized carbons (Fsp3) is 0.800. The largest absolute Gasteiger partial charge is 0.462 e. The zero-order chi connectivity index (χ0) is 11.1. The van der Waals surface area contributed by atoms with Gasteiger partial charge in [0.1, 0.15) is 6.10 Å². The number of rotatable bonds is 6. The lowest BCUT2D eigenvalue weighted by atomic mass is 10.1. The van der Waals surface area contributed by atoms with Crippen LogP contribution in [-0.4, -0.2) is 17.3 Å². The number of hydrogen-bond donors (Lipinski definition) is 0. The third-order valence-electron chi connectivity index (χ3n) is 2.01. The Kier molecular flexibility index (Phi) is 6.54. The van der Waals surface area contributed by atoms with Crippen LogP contribution >= 0.6 is 11.6 Å². The van der Waals surface area contributed by atoms with E-state index in [9.17, 15) is 9.59 Å². The molecule has 14 heavy (non-hydrogen) atoms. The van der Waals surface area contributed by atoms with Crippen molar-refractivity contribution in [1.82, 2.24) is 0 Å². The van der Waals surface area contributed by atoms with Gasteiger partial charge in [-0.25, -0.2) is 0 Å². The van der Waals surface area contributed by atoms with E-state index in [4.69, 9.17) is 16.3 Å². The van der Waals surface area contributed by atoms with Gasteiger partial charge in [-0.05, 0) is 30.9 Å². The van der Waals surface area contributed by atoms with Gasteiger partial charge in [-0.3, -0.25) is 9.59 Å². The van der Waals surface area contributed by atoms with Gasteiger partial charge >= 0.3 is 5.97 Å². The first-order valence-corrected chi connectivity index (χ1v) is 5.19. The highest BCUT2D eigenvalue weighted by Gasteiger charge is 2.12. The summed E-state index contributed by atoms with van der Waals surface area (Å²) in [5, 5.41) is -0.408. The number of carbonyl (C=O) groups is 2. The molecule has 0 aliphatic heterocycles. The highest BCUT2D eigenvalue weighted by molar-refractivity contribution is 6.63. The van der Waals surface area contributed by atoms with Gasteiger partial charge in [0, 0.05) is 12.8 Å². The van der Waals surface area contributed by atoms with Crippen molar-refractivity contribution in [2.45, 2.75) is 46.1 Å². The summed E-state index contributed by atoms with van der Waals surface area (Å²) in [5.74, 6) is 0.0534. The maximum absolute atomic E-state index is 11.2. The van der Waals surface area contributed by atoms with E-state index in [1.54, 1.807) is 0 Å². The van der Waals surface area contributed by atoms with Gasteiger partial charge in [0.05, 0.1) is 0 Å². The Hall–Kier alpha value is -0.570. The molecular weight excluding hydrogens is 204 g/mol. The second kappa shape index (κ2) is 6.82. The zero-order valence-electron chi connectivity index (χ0n) is 8.88. The molecule has 82 valence electrons. The highest BCUT2D eigenvalue weighted by Crippen LogP contribution is 2.08. The van der Waals surface area contributed by atoms with Crippen molar-refractivity contribution in [3.63, 3.8) is 0 Å². The van der Waals surface area contributed by atoms with E-state index in [2.05, 4.69) is 0 Å². The normalized spacial score (nSPS) is 12.6. The molecule has 0 N–H and O–H groups in total. The summed E-state index contributed by atoms with van der Waals surface area (Å²) in [4.78, 5) is 21.5. The van der Waals surface area contributed by atoms with Crippen LogP contribution < -0.4 is 0 Å². The Balaban J connectivity index is 3.60. The standard InChI is InChI=1S/C10H17ClO3/c1-7(2)8(3)14-10(13)6-4-5-9(11)12/h7-8H,4-6H2,1-3H3. The molecular formula is C10H17ClO3. The van der Waals surface area contributed by atoms with Crippen LogP contribution in [-0.2, 0) is 14.3 Å². The Morgan fingerprint density at radius 1 is 1.21 bits per heavy atom. The minimum atomic E-state index is -0.408. The molecule has 3 nitrogen and oxygen atoms in total. The van der Waals surface area contributed by atoms with Crippen LogP contribution in [0.3, 0.4) is 0 Å². The maximum Gasteiger partial charge on any atom is 0.306 e. The molecule has 0 rings (SSSR count). The molecule has 0 aliphatic carbocycles. The van der Waals surface area contributed by atoms with Crippen LogP contribution in [0.25, 0.3) is 0 Å². The summed E-state index contributed by atoms with van der Waals surface area (Å²) >= 11 is 5.13. The molecule has 0 bridgehead atoms. The molecule has 0 radical (unpaired) electrons. The summed E-state index contributed by atoms with van der Waals surface area (Å²) in [6.07, 6.45) is 0.878. The van der Waals surface area contributed by atoms with E-state index in [1.165, 1.54) is 0 Å². The van der Waals surface area contributed by atoms with Gasteiger partial charge in [-0.1, -0.05) is 13.8 Å². The lowest BCUT2D eigenvalue weighted by molar-refractivity contribution is -0.150. The van der Waals surface area contributed by atoms with Crippen LogP contribution in [0.15, 0.2) is 0 Å². The number of halogens is 1. The van der Waals surface area contributed by atoms with E-state index in [0.29, 0.717) is 12.3 Å². The van der Waals surface area contributed by atoms with Crippen molar-refractivity contribution in [2.24, 2.45) is 5.92 Å². The van der Waals surface area contributed by atoms with Gasteiger partial charge < -0.3 is 4.74 Å². The first-order chi connectivity index (χ1) is 6.43. The quantitative estimate of drug-likeness (QED) is 0.510.